The third-order valence-electron chi connectivity index (χ3n) is 3.37. The lowest BCUT2D eigenvalue weighted by atomic mass is 9.90. The minimum Gasteiger partial charge on any atom is -0.481 e. The predicted molar refractivity (Wildman–Crippen MR) is 62.2 cm³/mol. The molecular formula is C12H16N2O4. The summed E-state index contributed by atoms with van der Waals surface area (Å²) in [5.74, 6) is -0.500. The second-order valence-corrected chi connectivity index (χ2v) is 4.99. The number of carbonyl (C=O) groups excluding carboxylic acids is 1. The van der Waals surface area contributed by atoms with Gasteiger partial charge in [-0.3, -0.25) is 9.59 Å². The van der Waals surface area contributed by atoms with Crippen LogP contribution in [0.5, 0.6) is 0 Å². The van der Waals surface area contributed by atoms with Crippen molar-refractivity contribution >= 4 is 11.9 Å². The van der Waals surface area contributed by atoms with E-state index in [1.807, 2.05) is 0 Å². The van der Waals surface area contributed by atoms with Gasteiger partial charge in [-0.25, -0.2) is 4.98 Å². The van der Waals surface area contributed by atoms with Gasteiger partial charge in [0.2, 0.25) is 5.76 Å². The van der Waals surface area contributed by atoms with Crippen LogP contribution >= 0.6 is 0 Å². The fourth-order valence-corrected chi connectivity index (χ4v) is 2.18. The molecular weight excluding hydrogens is 236 g/mol. The van der Waals surface area contributed by atoms with Gasteiger partial charge < -0.3 is 14.4 Å². The Balaban J connectivity index is 2.18. The van der Waals surface area contributed by atoms with E-state index in [9.17, 15) is 9.59 Å². The molecule has 2 rings (SSSR count). The molecule has 0 spiro atoms. The largest absolute Gasteiger partial charge is 0.481 e. The van der Waals surface area contributed by atoms with Crippen molar-refractivity contribution in [3.63, 3.8) is 0 Å². The van der Waals surface area contributed by atoms with Crippen LogP contribution in [0.2, 0.25) is 0 Å². The molecule has 6 nitrogen and oxygen atoms in total. The molecule has 1 N–H and O–H groups in total. The molecule has 1 fully saturated rings. The van der Waals surface area contributed by atoms with Gasteiger partial charge in [0.1, 0.15) is 0 Å². The van der Waals surface area contributed by atoms with Crippen molar-refractivity contribution in [2.75, 3.05) is 13.1 Å². The standard InChI is InChI=1S/C12H16N2O4/c1-7-9(18-8(2)13-7)10(15)14-5-4-12(3,6-14)11(16)17/h4-6H2,1-3H3,(H,16,17). The van der Waals surface area contributed by atoms with Crippen molar-refractivity contribution in [3.8, 4) is 0 Å². The zero-order valence-electron chi connectivity index (χ0n) is 10.7. The molecule has 0 saturated carbocycles. The molecule has 98 valence electrons. The summed E-state index contributed by atoms with van der Waals surface area (Å²) in [6.45, 7) is 5.67. The Hall–Kier alpha value is -1.85. The molecule has 0 aromatic carbocycles. The summed E-state index contributed by atoms with van der Waals surface area (Å²) in [5, 5.41) is 9.13. The first-order chi connectivity index (χ1) is 8.33. The number of carbonyl (C=O) groups is 2. The highest BCUT2D eigenvalue weighted by Crippen LogP contribution is 2.31. The smallest absolute Gasteiger partial charge is 0.311 e. The van der Waals surface area contributed by atoms with Crippen LogP contribution in [0.1, 0.15) is 35.5 Å². The van der Waals surface area contributed by atoms with Gasteiger partial charge in [-0.2, -0.15) is 0 Å². The normalized spacial score (nSPS) is 23.4. The average molecular weight is 252 g/mol. The summed E-state index contributed by atoms with van der Waals surface area (Å²) in [7, 11) is 0. The van der Waals surface area contributed by atoms with Crippen LogP contribution in [0.25, 0.3) is 0 Å². The molecule has 1 aromatic rings. The third kappa shape index (κ3) is 1.98. The van der Waals surface area contributed by atoms with Crippen molar-refractivity contribution in [1.29, 1.82) is 0 Å². The Bertz CT molecular complexity index is 508. The van der Waals surface area contributed by atoms with Crippen LogP contribution < -0.4 is 0 Å². The minimum absolute atomic E-state index is 0.209. The number of rotatable bonds is 2. The number of hydrogen-bond acceptors (Lipinski definition) is 4. The lowest BCUT2D eigenvalue weighted by Crippen LogP contribution is -2.35. The van der Waals surface area contributed by atoms with Gasteiger partial charge in [0, 0.05) is 20.0 Å². The van der Waals surface area contributed by atoms with E-state index in [0.717, 1.165) is 0 Å². The first-order valence-corrected chi connectivity index (χ1v) is 5.80. The van der Waals surface area contributed by atoms with Gasteiger partial charge in [-0.1, -0.05) is 0 Å². The highest BCUT2D eigenvalue weighted by Gasteiger charge is 2.43. The number of aromatic nitrogens is 1. The third-order valence-corrected chi connectivity index (χ3v) is 3.37. The first-order valence-electron chi connectivity index (χ1n) is 5.80. The van der Waals surface area contributed by atoms with E-state index >= 15 is 0 Å². The molecule has 0 bridgehead atoms. The zero-order valence-corrected chi connectivity index (χ0v) is 10.7. The Morgan fingerprint density at radius 3 is 2.56 bits per heavy atom. The Labute approximate surface area is 105 Å². The molecule has 0 radical (unpaired) electrons. The second-order valence-electron chi connectivity index (χ2n) is 4.99. The summed E-state index contributed by atoms with van der Waals surface area (Å²) >= 11 is 0. The lowest BCUT2D eigenvalue weighted by molar-refractivity contribution is -0.147. The minimum atomic E-state index is -0.872. The summed E-state index contributed by atoms with van der Waals surface area (Å²) < 4.78 is 5.27. The Morgan fingerprint density at radius 2 is 2.11 bits per heavy atom. The Kier molecular flexibility index (Phi) is 2.88. The number of carboxylic acid groups (broad SMARTS) is 1. The number of oxazole rings is 1. The molecule has 6 heteroatoms. The highest BCUT2D eigenvalue weighted by atomic mass is 16.4. The van der Waals surface area contributed by atoms with E-state index < -0.39 is 11.4 Å². The quantitative estimate of drug-likeness (QED) is 0.855. The maximum absolute atomic E-state index is 12.2. The summed E-state index contributed by atoms with van der Waals surface area (Å²) in [5.41, 5.74) is -0.319. The van der Waals surface area contributed by atoms with Crippen molar-refractivity contribution in [2.24, 2.45) is 5.41 Å². The average Bonchev–Trinajstić information content (AvgIpc) is 2.82. The van der Waals surface area contributed by atoms with Gasteiger partial charge >= 0.3 is 5.97 Å². The zero-order chi connectivity index (χ0) is 13.5. The molecule has 0 aliphatic carbocycles. The van der Waals surface area contributed by atoms with Crippen molar-refractivity contribution in [3.05, 3.63) is 17.3 Å². The maximum atomic E-state index is 12.2. The van der Waals surface area contributed by atoms with Gasteiger partial charge in [-0.15, -0.1) is 0 Å². The topological polar surface area (TPSA) is 83.6 Å². The molecule has 1 atom stereocenters. The van der Waals surface area contributed by atoms with Gasteiger partial charge in [-0.05, 0) is 20.3 Å². The molecule has 1 aliphatic heterocycles. The van der Waals surface area contributed by atoms with E-state index in [0.29, 0.717) is 24.6 Å². The van der Waals surface area contributed by atoms with Crippen molar-refractivity contribution in [2.45, 2.75) is 27.2 Å². The van der Waals surface area contributed by atoms with Crippen LogP contribution in [0, 0.1) is 19.3 Å². The van der Waals surface area contributed by atoms with Gasteiger partial charge in [0.05, 0.1) is 11.1 Å². The number of carboxylic acids is 1. The number of aliphatic carboxylic acids is 1. The highest BCUT2D eigenvalue weighted by molar-refractivity contribution is 5.93. The Morgan fingerprint density at radius 1 is 1.44 bits per heavy atom. The summed E-state index contributed by atoms with van der Waals surface area (Å²) in [6, 6.07) is 0. The lowest BCUT2D eigenvalue weighted by Gasteiger charge is -2.19. The van der Waals surface area contributed by atoms with Gasteiger partial charge in [0.25, 0.3) is 5.91 Å². The van der Waals surface area contributed by atoms with Crippen molar-refractivity contribution in [1.82, 2.24) is 9.88 Å². The number of amides is 1. The molecule has 1 aromatic heterocycles. The van der Waals surface area contributed by atoms with Gasteiger partial charge in [0.15, 0.2) is 5.89 Å². The molecule has 1 amide bonds. The van der Waals surface area contributed by atoms with E-state index in [1.165, 1.54) is 4.90 Å². The van der Waals surface area contributed by atoms with Crippen LogP contribution in [-0.2, 0) is 4.79 Å². The molecule has 1 aliphatic rings. The number of aryl methyl sites for hydroxylation is 2. The monoisotopic (exact) mass is 252 g/mol. The summed E-state index contributed by atoms with van der Waals surface area (Å²) in [6.07, 6.45) is 0.459. The number of hydrogen-bond donors (Lipinski definition) is 1. The van der Waals surface area contributed by atoms with E-state index in [4.69, 9.17) is 9.52 Å². The SMILES string of the molecule is Cc1nc(C)c(C(=O)N2CCC(C)(C(=O)O)C2)o1. The van der Waals surface area contributed by atoms with E-state index in [2.05, 4.69) is 4.98 Å². The van der Waals surface area contributed by atoms with Crippen molar-refractivity contribution < 1.29 is 19.1 Å². The van der Waals surface area contributed by atoms with Crippen LogP contribution in [0.3, 0.4) is 0 Å². The van der Waals surface area contributed by atoms with E-state index in [-0.39, 0.29) is 18.2 Å². The maximum Gasteiger partial charge on any atom is 0.311 e. The number of likely N-dealkylation sites (tertiary alicyclic amines) is 1. The van der Waals surface area contributed by atoms with E-state index in [1.54, 1.807) is 20.8 Å². The fourth-order valence-electron chi connectivity index (χ4n) is 2.18. The second kappa shape index (κ2) is 4.12. The fraction of sp³-hybridized carbons (Fsp3) is 0.583. The van der Waals surface area contributed by atoms with Crippen LogP contribution in [-0.4, -0.2) is 40.0 Å². The molecule has 1 saturated heterocycles. The summed E-state index contributed by atoms with van der Waals surface area (Å²) in [4.78, 5) is 28.9. The number of nitrogens with zero attached hydrogens (tertiary/aromatic N) is 2. The first kappa shape index (κ1) is 12.6. The molecule has 18 heavy (non-hydrogen) atoms. The van der Waals surface area contributed by atoms with Crippen LogP contribution in [0.4, 0.5) is 0 Å². The predicted octanol–water partition coefficient (Wildman–Crippen LogP) is 1.23. The van der Waals surface area contributed by atoms with Crippen LogP contribution in [0.15, 0.2) is 4.42 Å². The molecule has 2 heterocycles. The molecule has 1 unspecified atom stereocenters.